The van der Waals surface area contributed by atoms with Crippen LogP contribution in [0, 0.1) is 41.5 Å². The van der Waals surface area contributed by atoms with Crippen LogP contribution in [0.3, 0.4) is 0 Å². The predicted molar refractivity (Wildman–Crippen MR) is 128 cm³/mol. The van der Waals surface area contributed by atoms with Crippen LogP contribution in [0.15, 0.2) is 58.6 Å². The van der Waals surface area contributed by atoms with Crippen molar-refractivity contribution in [3.8, 4) is 0 Å². The molecule has 7 nitrogen and oxygen atoms in total. The van der Waals surface area contributed by atoms with Crippen LogP contribution in [0.5, 0.6) is 0 Å². The molecule has 2 spiro atoms. The second-order valence-corrected chi connectivity index (χ2v) is 9.11. The first-order valence-corrected chi connectivity index (χ1v) is 11.2. The van der Waals surface area contributed by atoms with E-state index in [9.17, 15) is 0 Å². The molecular formula is C27H28N2O5. The first kappa shape index (κ1) is 22.1. The Morgan fingerprint density at radius 1 is 0.706 bits per heavy atom. The predicted octanol–water partition coefficient (Wildman–Crippen LogP) is 5.15. The van der Waals surface area contributed by atoms with Crippen molar-refractivity contribution in [1.82, 2.24) is 0 Å². The summed E-state index contributed by atoms with van der Waals surface area (Å²) in [5.74, 6) is -2.18. The summed E-state index contributed by atoms with van der Waals surface area (Å²) in [5, 5.41) is 8.64. The Hall–Kier alpha value is -3.74. The summed E-state index contributed by atoms with van der Waals surface area (Å²) in [6.07, 6.45) is 5.22. The van der Waals surface area contributed by atoms with E-state index in [0.29, 0.717) is 17.6 Å². The van der Waals surface area contributed by atoms with E-state index in [-0.39, 0.29) is 0 Å². The molecule has 0 radical (unpaired) electrons. The number of hydrogen-bond acceptors (Lipinski definition) is 7. The molecule has 3 aliphatic rings. The molecule has 0 fully saturated rings. The third-order valence-corrected chi connectivity index (χ3v) is 6.36. The normalized spacial score (nSPS) is 24.7. The van der Waals surface area contributed by atoms with Gasteiger partial charge >= 0.3 is 11.6 Å². The zero-order valence-corrected chi connectivity index (χ0v) is 20.5. The fourth-order valence-electron chi connectivity index (χ4n) is 5.07. The standard InChI is InChI=1S/C27H28N2O5/c1-15-11-17(3)22(18(4)12-15)24-28-33-26(31-24)10-8-9-21(30-7)27(26)32-25(29-34-27)23-19(5)13-16(2)14-20(23)6/h8-14H,1-7H3. The number of methoxy groups -OCH3 is 1. The van der Waals surface area contributed by atoms with E-state index in [4.69, 9.17) is 23.9 Å². The summed E-state index contributed by atoms with van der Waals surface area (Å²) < 4.78 is 18.5. The van der Waals surface area contributed by atoms with Gasteiger partial charge in [0.05, 0.1) is 7.11 Å². The van der Waals surface area contributed by atoms with Crippen LogP contribution < -0.4 is 0 Å². The van der Waals surface area contributed by atoms with Gasteiger partial charge < -0.3 is 23.9 Å². The van der Waals surface area contributed by atoms with Gasteiger partial charge in [-0.2, -0.15) is 0 Å². The van der Waals surface area contributed by atoms with E-state index >= 15 is 0 Å². The maximum Gasteiger partial charge on any atom is 0.418 e. The van der Waals surface area contributed by atoms with E-state index in [1.54, 1.807) is 25.3 Å². The minimum absolute atomic E-state index is 0.330. The smallest absolute Gasteiger partial charge is 0.418 e. The lowest BCUT2D eigenvalue weighted by Gasteiger charge is -2.38. The number of hydrogen-bond donors (Lipinski definition) is 0. The van der Waals surface area contributed by atoms with Gasteiger partial charge in [0.1, 0.15) is 0 Å². The van der Waals surface area contributed by atoms with Gasteiger partial charge in [0.15, 0.2) is 5.76 Å². The zero-order chi connectivity index (χ0) is 24.3. The highest BCUT2D eigenvalue weighted by Crippen LogP contribution is 2.49. The number of ether oxygens (including phenoxy) is 3. The maximum atomic E-state index is 6.44. The first-order chi connectivity index (χ1) is 16.2. The molecule has 34 heavy (non-hydrogen) atoms. The molecule has 2 aliphatic heterocycles. The topological polar surface area (TPSA) is 70.9 Å². The summed E-state index contributed by atoms with van der Waals surface area (Å²) in [6.45, 7) is 12.2. The van der Waals surface area contributed by atoms with Crippen LogP contribution in [0.2, 0.25) is 0 Å². The van der Waals surface area contributed by atoms with Gasteiger partial charge in [-0.05, 0) is 80.2 Å². The van der Waals surface area contributed by atoms with Gasteiger partial charge in [-0.25, -0.2) is 0 Å². The molecule has 2 atom stereocenters. The second-order valence-electron chi connectivity index (χ2n) is 9.11. The SMILES string of the molecule is COC1=CC=CC2(ON=C(c3c(C)cc(C)cc3C)O2)C12ON=C(c1c(C)cc(C)cc1C)O2. The third kappa shape index (κ3) is 3.10. The number of rotatable bonds is 3. The van der Waals surface area contributed by atoms with Crippen molar-refractivity contribution in [3.05, 3.63) is 92.8 Å². The minimum Gasteiger partial charge on any atom is -0.493 e. The van der Waals surface area contributed by atoms with Crippen LogP contribution in [-0.4, -0.2) is 30.5 Å². The van der Waals surface area contributed by atoms with E-state index < -0.39 is 11.6 Å². The first-order valence-electron chi connectivity index (χ1n) is 11.2. The fourth-order valence-corrected chi connectivity index (χ4v) is 5.07. The Labute approximate surface area is 199 Å². The van der Waals surface area contributed by atoms with Crippen molar-refractivity contribution in [2.24, 2.45) is 10.3 Å². The van der Waals surface area contributed by atoms with E-state index in [1.165, 1.54) is 0 Å². The van der Waals surface area contributed by atoms with Crippen LogP contribution in [-0.2, 0) is 23.9 Å². The molecule has 0 saturated heterocycles. The van der Waals surface area contributed by atoms with Crippen LogP contribution in [0.25, 0.3) is 0 Å². The highest BCUT2D eigenvalue weighted by atomic mass is 16.9. The number of benzene rings is 2. The number of nitrogens with zero attached hydrogens (tertiary/aromatic N) is 2. The third-order valence-electron chi connectivity index (χ3n) is 6.36. The Bertz CT molecular complexity index is 1280. The lowest BCUT2D eigenvalue weighted by Crippen LogP contribution is -2.59. The number of oxime groups is 2. The molecule has 0 bridgehead atoms. The molecular weight excluding hydrogens is 432 g/mol. The molecule has 0 N–H and O–H groups in total. The summed E-state index contributed by atoms with van der Waals surface area (Å²) in [4.78, 5) is 11.9. The van der Waals surface area contributed by atoms with Crippen molar-refractivity contribution in [3.63, 3.8) is 0 Å². The average molecular weight is 461 g/mol. The summed E-state index contributed by atoms with van der Waals surface area (Å²) in [5.41, 5.74) is 8.15. The van der Waals surface area contributed by atoms with E-state index in [0.717, 1.165) is 44.5 Å². The molecule has 1 aliphatic carbocycles. The number of allylic oxidation sites excluding steroid dienone is 2. The van der Waals surface area contributed by atoms with Gasteiger partial charge in [0.2, 0.25) is 0 Å². The molecule has 0 aromatic heterocycles. The maximum absolute atomic E-state index is 6.44. The summed E-state index contributed by atoms with van der Waals surface area (Å²) in [6, 6.07) is 8.32. The monoisotopic (exact) mass is 460 g/mol. The fraction of sp³-hybridized carbons (Fsp3) is 0.333. The van der Waals surface area contributed by atoms with Crippen molar-refractivity contribution in [2.75, 3.05) is 7.11 Å². The zero-order valence-electron chi connectivity index (χ0n) is 20.5. The van der Waals surface area contributed by atoms with Crippen LogP contribution >= 0.6 is 0 Å². The average Bonchev–Trinajstić information content (AvgIpc) is 3.36. The van der Waals surface area contributed by atoms with Gasteiger partial charge in [0.25, 0.3) is 11.8 Å². The van der Waals surface area contributed by atoms with Gasteiger partial charge in [-0.1, -0.05) is 41.5 Å². The van der Waals surface area contributed by atoms with E-state index in [1.807, 2.05) is 27.7 Å². The number of aryl methyl sites for hydroxylation is 6. The van der Waals surface area contributed by atoms with Gasteiger partial charge in [-0.3, -0.25) is 0 Å². The lowest BCUT2D eigenvalue weighted by molar-refractivity contribution is -0.317. The molecule has 2 aromatic carbocycles. The second kappa shape index (κ2) is 7.65. The quantitative estimate of drug-likeness (QED) is 0.634. The van der Waals surface area contributed by atoms with Gasteiger partial charge in [0, 0.05) is 17.2 Å². The highest BCUT2D eigenvalue weighted by Gasteiger charge is 2.71. The van der Waals surface area contributed by atoms with Crippen molar-refractivity contribution in [1.29, 1.82) is 0 Å². The molecule has 0 saturated carbocycles. The molecule has 5 rings (SSSR count). The molecule has 7 heteroatoms. The Morgan fingerprint density at radius 3 is 1.74 bits per heavy atom. The van der Waals surface area contributed by atoms with Crippen molar-refractivity contribution < 1.29 is 23.9 Å². The molecule has 2 aromatic rings. The van der Waals surface area contributed by atoms with Crippen LogP contribution in [0.1, 0.15) is 44.5 Å². The highest BCUT2D eigenvalue weighted by molar-refractivity contribution is 5.99. The summed E-state index contributed by atoms with van der Waals surface area (Å²) >= 11 is 0. The number of fused-ring (bicyclic) bond motifs is 1. The molecule has 0 amide bonds. The Morgan fingerprint density at radius 2 is 1.21 bits per heavy atom. The van der Waals surface area contributed by atoms with Crippen molar-refractivity contribution >= 4 is 11.8 Å². The largest absolute Gasteiger partial charge is 0.493 e. The molecule has 2 heterocycles. The molecule has 176 valence electrons. The lowest BCUT2D eigenvalue weighted by atomic mass is 9.96. The Kier molecular flexibility index (Phi) is 4.97. The molecule has 2 unspecified atom stereocenters. The van der Waals surface area contributed by atoms with E-state index in [2.05, 4.69) is 48.4 Å². The van der Waals surface area contributed by atoms with Crippen molar-refractivity contribution in [2.45, 2.75) is 53.1 Å². The minimum atomic E-state index is -1.65. The van der Waals surface area contributed by atoms with Gasteiger partial charge in [-0.15, -0.1) is 0 Å². The van der Waals surface area contributed by atoms with Crippen LogP contribution in [0.4, 0.5) is 0 Å². The summed E-state index contributed by atoms with van der Waals surface area (Å²) in [7, 11) is 1.54. The Balaban J connectivity index is 1.54.